The maximum absolute atomic E-state index is 12.1. The fraction of sp³-hybridized carbons (Fsp3) is 0.150. The Labute approximate surface area is 176 Å². The van der Waals surface area contributed by atoms with Crippen molar-refractivity contribution < 1.29 is 14.1 Å². The van der Waals surface area contributed by atoms with Gasteiger partial charge in [0.15, 0.2) is 5.76 Å². The lowest BCUT2D eigenvalue weighted by Crippen LogP contribution is -2.16. The number of rotatable bonds is 7. The fourth-order valence-electron chi connectivity index (χ4n) is 2.70. The fourth-order valence-corrected chi connectivity index (χ4v) is 2.83. The van der Waals surface area contributed by atoms with Crippen molar-refractivity contribution in [3.63, 3.8) is 0 Å². The van der Waals surface area contributed by atoms with Crippen LogP contribution in [-0.2, 0) is 6.54 Å². The molecule has 3 aromatic rings. The first-order valence-corrected chi connectivity index (χ1v) is 9.26. The molecule has 3 rings (SSSR count). The molecule has 0 fully saturated rings. The first kappa shape index (κ1) is 21.0. The van der Waals surface area contributed by atoms with Crippen LogP contribution >= 0.6 is 11.6 Å². The molecule has 1 aromatic carbocycles. The van der Waals surface area contributed by atoms with Crippen LogP contribution in [0.2, 0.25) is 5.02 Å². The average Bonchev–Trinajstić information content (AvgIpc) is 3.29. The Morgan fingerprint density at radius 2 is 2.10 bits per heavy atom. The second-order valence-corrected chi connectivity index (χ2v) is 6.68. The van der Waals surface area contributed by atoms with Crippen molar-refractivity contribution in [2.24, 2.45) is 5.10 Å². The monoisotopic (exact) mass is 427 g/mol. The van der Waals surface area contributed by atoms with Gasteiger partial charge in [-0.2, -0.15) is 10.2 Å². The van der Waals surface area contributed by atoms with E-state index in [-0.39, 0.29) is 11.4 Å². The molecular formula is C20H18ClN5O4. The molecule has 2 aromatic heterocycles. The number of aryl methyl sites for hydroxylation is 1. The Morgan fingerprint density at radius 3 is 2.80 bits per heavy atom. The summed E-state index contributed by atoms with van der Waals surface area (Å²) in [6.07, 6.45) is 4.33. The van der Waals surface area contributed by atoms with Crippen molar-refractivity contribution >= 4 is 35.5 Å². The van der Waals surface area contributed by atoms with Gasteiger partial charge < -0.3 is 4.42 Å². The van der Waals surface area contributed by atoms with Crippen LogP contribution in [-0.4, -0.2) is 26.8 Å². The van der Waals surface area contributed by atoms with E-state index in [1.807, 2.05) is 13.8 Å². The van der Waals surface area contributed by atoms with Gasteiger partial charge in [0.05, 0.1) is 33.4 Å². The summed E-state index contributed by atoms with van der Waals surface area (Å²) in [6, 6.07) is 9.52. The minimum absolute atomic E-state index is 0.0156. The third-order valence-corrected chi connectivity index (χ3v) is 4.77. The number of para-hydroxylation sites is 1. The lowest BCUT2D eigenvalue weighted by Gasteiger charge is -2.01. The first-order chi connectivity index (χ1) is 14.4. The number of nitrogens with one attached hydrogen (secondary N) is 1. The van der Waals surface area contributed by atoms with E-state index in [0.717, 1.165) is 11.4 Å². The molecule has 0 spiro atoms. The molecule has 0 saturated carbocycles. The van der Waals surface area contributed by atoms with Gasteiger partial charge in [0.2, 0.25) is 0 Å². The molecule has 10 heteroatoms. The number of nitro benzene ring substituents is 1. The summed E-state index contributed by atoms with van der Waals surface area (Å²) in [5, 5.41) is 19.7. The number of hydrogen-bond acceptors (Lipinski definition) is 6. The van der Waals surface area contributed by atoms with Gasteiger partial charge in [-0.25, -0.2) is 5.43 Å². The number of aromatic nitrogens is 2. The highest BCUT2D eigenvalue weighted by molar-refractivity contribution is 6.31. The number of hydrogen-bond donors (Lipinski definition) is 1. The molecule has 30 heavy (non-hydrogen) atoms. The van der Waals surface area contributed by atoms with E-state index >= 15 is 0 Å². The standard InChI is InChI=1S/C20H18ClN5O4/c1-13-19(21)14(2)25(24-13)12-16-9-10-18(30-16)20(27)23-22-11-5-7-15-6-3-4-8-17(15)26(28)29/h3-11H,12H2,1-2H3,(H,23,27). The summed E-state index contributed by atoms with van der Waals surface area (Å²) >= 11 is 6.13. The van der Waals surface area contributed by atoms with Gasteiger partial charge >= 0.3 is 5.91 Å². The number of hydrazone groups is 1. The van der Waals surface area contributed by atoms with Crippen molar-refractivity contribution in [2.75, 3.05) is 0 Å². The van der Waals surface area contributed by atoms with Crippen LogP contribution in [0.5, 0.6) is 0 Å². The number of furan rings is 1. The molecule has 0 unspecified atom stereocenters. The van der Waals surface area contributed by atoms with E-state index in [0.29, 0.717) is 22.9 Å². The molecular weight excluding hydrogens is 410 g/mol. The van der Waals surface area contributed by atoms with Gasteiger partial charge in [-0.05, 0) is 44.2 Å². The van der Waals surface area contributed by atoms with E-state index in [2.05, 4.69) is 15.6 Å². The van der Waals surface area contributed by atoms with Gasteiger partial charge in [0, 0.05) is 12.3 Å². The average molecular weight is 428 g/mol. The summed E-state index contributed by atoms with van der Waals surface area (Å²) in [6.45, 7) is 4.01. The number of carbonyl (C=O) groups excluding carboxylic acids is 1. The van der Waals surface area contributed by atoms with Crippen LogP contribution in [0.4, 0.5) is 5.69 Å². The number of benzene rings is 1. The van der Waals surface area contributed by atoms with Gasteiger partial charge in [-0.15, -0.1) is 0 Å². The lowest BCUT2D eigenvalue weighted by molar-refractivity contribution is -0.385. The number of carbonyl (C=O) groups is 1. The van der Waals surface area contributed by atoms with Gasteiger partial charge in [0.1, 0.15) is 5.76 Å². The van der Waals surface area contributed by atoms with Crippen LogP contribution in [0, 0.1) is 24.0 Å². The highest BCUT2D eigenvalue weighted by atomic mass is 35.5. The number of nitrogens with zero attached hydrogens (tertiary/aromatic N) is 4. The summed E-state index contributed by atoms with van der Waals surface area (Å²) in [4.78, 5) is 22.6. The SMILES string of the molecule is Cc1nn(Cc2ccc(C(=O)NN=CC=Cc3ccccc3[N+](=O)[O-])o2)c(C)c1Cl. The Balaban J connectivity index is 1.58. The molecule has 1 N–H and O–H groups in total. The predicted octanol–water partition coefficient (Wildman–Crippen LogP) is 4.13. The summed E-state index contributed by atoms with van der Waals surface area (Å²) in [5.74, 6) is 0.114. The topological polar surface area (TPSA) is 116 Å². The third kappa shape index (κ3) is 4.81. The second kappa shape index (κ2) is 9.19. The molecule has 0 radical (unpaired) electrons. The lowest BCUT2D eigenvalue weighted by atomic mass is 10.2. The summed E-state index contributed by atoms with van der Waals surface area (Å²) < 4.78 is 7.24. The second-order valence-electron chi connectivity index (χ2n) is 6.30. The third-order valence-electron chi connectivity index (χ3n) is 4.22. The van der Waals surface area contributed by atoms with E-state index in [1.165, 1.54) is 30.5 Å². The molecule has 0 aliphatic heterocycles. The van der Waals surface area contributed by atoms with Crippen molar-refractivity contribution in [2.45, 2.75) is 20.4 Å². The molecule has 154 valence electrons. The largest absolute Gasteiger partial charge is 0.454 e. The minimum atomic E-state index is -0.525. The van der Waals surface area contributed by atoms with Gasteiger partial charge in [-0.3, -0.25) is 19.6 Å². The number of nitro groups is 1. The van der Waals surface area contributed by atoms with Crippen LogP contribution in [0.25, 0.3) is 6.08 Å². The molecule has 0 atom stereocenters. The molecule has 1 amide bonds. The van der Waals surface area contributed by atoms with Crippen LogP contribution in [0.15, 0.2) is 52.0 Å². The predicted molar refractivity (Wildman–Crippen MR) is 113 cm³/mol. The Hall–Kier alpha value is -3.72. The molecule has 0 aliphatic carbocycles. The van der Waals surface area contributed by atoms with Crippen LogP contribution in [0.3, 0.4) is 0 Å². The molecule has 0 bridgehead atoms. The van der Waals surface area contributed by atoms with Crippen molar-refractivity contribution in [1.29, 1.82) is 0 Å². The van der Waals surface area contributed by atoms with Gasteiger partial charge in [-0.1, -0.05) is 23.7 Å². The normalized spacial score (nSPS) is 11.4. The van der Waals surface area contributed by atoms with Crippen LogP contribution < -0.4 is 5.43 Å². The van der Waals surface area contributed by atoms with E-state index < -0.39 is 10.8 Å². The number of halogens is 1. The Bertz CT molecular complexity index is 1150. The van der Waals surface area contributed by atoms with Crippen molar-refractivity contribution in [3.8, 4) is 0 Å². The zero-order valence-electron chi connectivity index (χ0n) is 16.2. The molecule has 2 heterocycles. The number of allylic oxidation sites excluding steroid dienone is 1. The zero-order valence-corrected chi connectivity index (χ0v) is 17.0. The smallest absolute Gasteiger partial charge is 0.307 e. The molecule has 0 saturated heterocycles. The quantitative estimate of drug-likeness (QED) is 0.345. The molecule has 0 aliphatic rings. The molecule has 9 nitrogen and oxygen atoms in total. The summed E-state index contributed by atoms with van der Waals surface area (Å²) in [7, 11) is 0. The maximum Gasteiger partial charge on any atom is 0.307 e. The Morgan fingerprint density at radius 1 is 1.33 bits per heavy atom. The highest BCUT2D eigenvalue weighted by Crippen LogP contribution is 2.21. The van der Waals surface area contributed by atoms with E-state index in [4.69, 9.17) is 16.0 Å². The van der Waals surface area contributed by atoms with Crippen molar-refractivity contribution in [1.82, 2.24) is 15.2 Å². The Kier molecular flexibility index (Phi) is 6.43. The minimum Gasteiger partial charge on any atom is -0.454 e. The summed E-state index contributed by atoms with van der Waals surface area (Å²) in [5.41, 5.74) is 4.28. The van der Waals surface area contributed by atoms with Crippen LogP contribution in [0.1, 0.15) is 33.3 Å². The first-order valence-electron chi connectivity index (χ1n) is 8.88. The zero-order chi connectivity index (χ0) is 21.7. The highest BCUT2D eigenvalue weighted by Gasteiger charge is 2.14. The van der Waals surface area contributed by atoms with E-state index in [9.17, 15) is 14.9 Å². The number of amides is 1. The van der Waals surface area contributed by atoms with E-state index in [1.54, 1.807) is 28.9 Å². The maximum atomic E-state index is 12.1. The van der Waals surface area contributed by atoms with Gasteiger partial charge in [0.25, 0.3) is 5.69 Å². The van der Waals surface area contributed by atoms with Crippen molar-refractivity contribution in [3.05, 3.63) is 86.1 Å².